The third-order valence-electron chi connectivity index (χ3n) is 4.46. The van der Waals surface area contributed by atoms with Crippen molar-refractivity contribution in [2.75, 3.05) is 29.9 Å². The van der Waals surface area contributed by atoms with E-state index in [4.69, 9.17) is 4.74 Å². The van der Waals surface area contributed by atoms with Crippen molar-refractivity contribution in [3.63, 3.8) is 0 Å². The van der Waals surface area contributed by atoms with Crippen LogP contribution in [-0.4, -0.2) is 42.5 Å². The van der Waals surface area contributed by atoms with Gasteiger partial charge in [-0.05, 0) is 49.7 Å². The van der Waals surface area contributed by atoms with Crippen molar-refractivity contribution in [2.24, 2.45) is 0 Å². The number of urea groups is 1. The zero-order chi connectivity index (χ0) is 24.2. The lowest BCUT2D eigenvalue weighted by Gasteiger charge is -2.23. The van der Waals surface area contributed by atoms with Crippen molar-refractivity contribution in [1.82, 2.24) is 5.32 Å². The number of carbonyl (C=O) groups is 3. The molecule has 0 heterocycles. The number of hydrogen-bond acceptors (Lipinski definition) is 6. The smallest absolute Gasteiger partial charge is 0.326 e. The molecule has 0 saturated heterocycles. The van der Waals surface area contributed by atoms with Gasteiger partial charge in [0.25, 0.3) is 5.69 Å². The average Bonchev–Trinajstić information content (AvgIpc) is 2.79. The Morgan fingerprint density at radius 2 is 1.73 bits per heavy atom. The standard InChI is InChI=1S/C22H25FN4O6/c1-2-33-21(29)13-12-20(28)24-14-3-15-26(18-8-4-16(23)5-9-18)22(30)25-17-6-10-19(11-7-17)27(31)32/h4-11H,2-3,12-15H2,1H3,(H,24,28)(H,25,30). The number of nitro groups is 1. The van der Waals surface area contributed by atoms with E-state index in [-0.39, 0.29) is 44.1 Å². The number of halogens is 1. The van der Waals surface area contributed by atoms with Crippen LogP contribution in [0.2, 0.25) is 0 Å². The van der Waals surface area contributed by atoms with Crippen LogP contribution in [0.5, 0.6) is 0 Å². The second kappa shape index (κ2) is 12.7. The first-order chi connectivity index (χ1) is 15.8. The van der Waals surface area contributed by atoms with Crippen LogP contribution >= 0.6 is 0 Å². The molecule has 11 heteroatoms. The van der Waals surface area contributed by atoms with E-state index in [1.807, 2.05) is 0 Å². The molecule has 0 bridgehead atoms. The maximum absolute atomic E-state index is 13.3. The van der Waals surface area contributed by atoms with Crippen LogP contribution in [0.4, 0.5) is 26.2 Å². The van der Waals surface area contributed by atoms with Gasteiger partial charge >= 0.3 is 12.0 Å². The molecule has 33 heavy (non-hydrogen) atoms. The second-order valence-corrected chi connectivity index (χ2v) is 6.87. The first-order valence-electron chi connectivity index (χ1n) is 10.3. The van der Waals surface area contributed by atoms with Gasteiger partial charge in [-0.1, -0.05) is 0 Å². The molecule has 0 aliphatic carbocycles. The molecule has 0 aromatic heterocycles. The van der Waals surface area contributed by atoms with E-state index >= 15 is 0 Å². The fraction of sp³-hybridized carbons (Fsp3) is 0.318. The minimum Gasteiger partial charge on any atom is -0.466 e. The van der Waals surface area contributed by atoms with Crippen molar-refractivity contribution in [2.45, 2.75) is 26.2 Å². The van der Waals surface area contributed by atoms with Gasteiger partial charge in [-0.15, -0.1) is 0 Å². The van der Waals surface area contributed by atoms with E-state index in [1.165, 1.54) is 53.4 Å². The molecule has 2 aromatic carbocycles. The van der Waals surface area contributed by atoms with Gasteiger partial charge in [-0.3, -0.25) is 24.6 Å². The number of hydrogen-bond donors (Lipinski definition) is 2. The lowest BCUT2D eigenvalue weighted by atomic mass is 10.2. The largest absolute Gasteiger partial charge is 0.466 e. The predicted molar refractivity (Wildman–Crippen MR) is 119 cm³/mol. The van der Waals surface area contributed by atoms with Crippen LogP contribution in [0.1, 0.15) is 26.2 Å². The number of anilines is 2. The van der Waals surface area contributed by atoms with Crippen molar-refractivity contribution in [3.8, 4) is 0 Å². The minimum absolute atomic E-state index is 0.00113. The highest BCUT2D eigenvalue weighted by Crippen LogP contribution is 2.19. The Morgan fingerprint density at radius 3 is 2.33 bits per heavy atom. The summed E-state index contributed by atoms with van der Waals surface area (Å²) in [6.07, 6.45) is 0.371. The van der Waals surface area contributed by atoms with Gasteiger partial charge in [0.15, 0.2) is 0 Å². The number of ether oxygens (including phenoxy) is 1. The highest BCUT2D eigenvalue weighted by Gasteiger charge is 2.17. The maximum atomic E-state index is 13.3. The summed E-state index contributed by atoms with van der Waals surface area (Å²) in [5, 5.41) is 16.1. The molecule has 0 atom stereocenters. The van der Waals surface area contributed by atoms with E-state index in [2.05, 4.69) is 10.6 Å². The molecule has 2 rings (SSSR count). The number of amides is 3. The monoisotopic (exact) mass is 460 g/mol. The molecule has 0 unspecified atom stereocenters. The number of nitrogens with one attached hydrogen (secondary N) is 2. The molecule has 0 saturated carbocycles. The zero-order valence-corrected chi connectivity index (χ0v) is 18.1. The van der Waals surface area contributed by atoms with E-state index in [9.17, 15) is 28.9 Å². The summed E-state index contributed by atoms with van der Waals surface area (Å²) in [6.45, 7) is 2.39. The van der Waals surface area contributed by atoms with E-state index in [0.29, 0.717) is 17.8 Å². The van der Waals surface area contributed by atoms with Crippen LogP contribution in [-0.2, 0) is 14.3 Å². The molecule has 0 aliphatic heterocycles. The highest BCUT2D eigenvalue weighted by molar-refractivity contribution is 6.01. The van der Waals surface area contributed by atoms with Gasteiger partial charge < -0.3 is 15.4 Å². The van der Waals surface area contributed by atoms with Gasteiger partial charge in [0.2, 0.25) is 5.91 Å². The molecule has 10 nitrogen and oxygen atoms in total. The van der Waals surface area contributed by atoms with Crippen LogP contribution in [0.15, 0.2) is 48.5 Å². The normalized spacial score (nSPS) is 10.2. The molecule has 176 valence electrons. The second-order valence-electron chi connectivity index (χ2n) is 6.87. The molecule has 2 N–H and O–H groups in total. The molecular weight excluding hydrogens is 435 g/mol. The van der Waals surface area contributed by atoms with Crippen molar-refractivity contribution >= 4 is 35.0 Å². The van der Waals surface area contributed by atoms with Crippen molar-refractivity contribution in [1.29, 1.82) is 0 Å². The lowest BCUT2D eigenvalue weighted by Crippen LogP contribution is -2.37. The summed E-state index contributed by atoms with van der Waals surface area (Å²) in [5.74, 6) is -1.21. The van der Waals surface area contributed by atoms with Gasteiger partial charge in [0.05, 0.1) is 18.0 Å². The fourth-order valence-electron chi connectivity index (χ4n) is 2.83. The van der Waals surface area contributed by atoms with Gasteiger partial charge in [-0.2, -0.15) is 0 Å². The molecule has 0 spiro atoms. The predicted octanol–water partition coefficient (Wildman–Crippen LogP) is 3.62. The Bertz CT molecular complexity index is 966. The number of nitro benzene ring substituents is 1. The Morgan fingerprint density at radius 1 is 1.06 bits per heavy atom. The fourth-order valence-corrected chi connectivity index (χ4v) is 2.83. The number of nitrogens with zero attached hydrogens (tertiary/aromatic N) is 2. The van der Waals surface area contributed by atoms with Gasteiger partial charge in [-0.25, -0.2) is 9.18 Å². The maximum Gasteiger partial charge on any atom is 0.326 e. The van der Waals surface area contributed by atoms with E-state index in [0.717, 1.165) is 0 Å². The molecular formula is C22H25FN4O6. The summed E-state index contributed by atoms with van der Waals surface area (Å²) in [4.78, 5) is 47.6. The Labute approximate surface area is 189 Å². The Hall–Kier alpha value is -4.02. The summed E-state index contributed by atoms with van der Waals surface area (Å²) in [7, 11) is 0. The number of benzene rings is 2. The van der Waals surface area contributed by atoms with Crippen LogP contribution in [0, 0.1) is 15.9 Å². The van der Waals surface area contributed by atoms with Gasteiger partial charge in [0, 0.05) is 43.0 Å². The summed E-state index contributed by atoms with van der Waals surface area (Å²) in [6, 6.07) is 10.2. The quantitative estimate of drug-likeness (QED) is 0.228. The third-order valence-corrected chi connectivity index (χ3v) is 4.46. The van der Waals surface area contributed by atoms with Crippen molar-refractivity contribution < 1.29 is 28.4 Å². The van der Waals surface area contributed by atoms with Crippen LogP contribution in [0.3, 0.4) is 0 Å². The Balaban J connectivity index is 1.94. The molecule has 2 aromatic rings. The zero-order valence-electron chi connectivity index (χ0n) is 18.1. The number of non-ortho nitro benzene ring substituents is 1. The minimum atomic E-state index is -0.544. The topological polar surface area (TPSA) is 131 Å². The number of esters is 1. The van der Waals surface area contributed by atoms with Crippen LogP contribution < -0.4 is 15.5 Å². The third kappa shape index (κ3) is 8.56. The summed E-state index contributed by atoms with van der Waals surface area (Å²) >= 11 is 0. The number of carbonyl (C=O) groups excluding carboxylic acids is 3. The van der Waals surface area contributed by atoms with Crippen molar-refractivity contribution in [3.05, 3.63) is 64.5 Å². The van der Waals surface area contributed by atoms with Gasteiger partial charge in [0.1, 0.15) is 5.82 Å². The Kier molecular flexibility index (Phi) is 9.75. The average molecular weight is 460 g/mol. The summed E-state index contributed by atoms with van der Waals surface area (Å²) < 4.78 is 18.1. The molecule has 0 fully saturated rings. The SMILES string of the molecule is CCOC(=O)CCC(=O)NCCCN(C(=O)Nc1ccc([N+](=O)[O-])cc1)c1ccc(F)cc1. The summed E-state index contributed by atoms with van der Waals surface area (Å²) in [5.41, 5.74) is 0.677. The first kappa shape index (κ1) is 25.2. The molecule has 0 aliphatic rings. The molecule has 3 amide bonds. The van der Waals surface area contributed by atoms with E-state index < -0.39 is 22.7 Å². The number of rotatable bonds is 11. The lowest BCUT2D eigenvalue weighted by molar-refractivity contribution is -0.384. The highest BCUT2D eigenvalue weighted by atomic mass is 19.1. The first-order valence-corrected chi connectivity index (χ1v) is 10.3. The molecule has 0 radical (unpaired) electrons. The van der Waals surface area contributed by atoms with Crippen LogP contribution in [0.25, 0.3) is 0 Å². The van der Waals surface area contributed by atoms with E-state index in [1.54, 1.807) is 6.92 Å².